The van der Waals surface area contributed by atoms with Crippen molar-refractivity contribution in [3.05, 3.63) is 0 Å². The lowest BCUT2D eigenvalue weighted by Crippen LogP contribution is -2.39. The Bertz CT molecular complexity index is 123. The second kappa shape index (κ2) is 6.68. The first-order chi connectivity index (χ1) is 5.99. The third kappa shape index (κ3) is 8.60. The van der Waals surface area contributed by atoms with Crippen LogP contribution in [0, 0.1) is 0 Å². The van der Waals surface area contributed by atoms with Crippen molar-refractivity contribution in [2.75, 3.05) is 31.6 Å². The Morgan fingerprint density at radius 1 is 1.38 bits per heavy atom. The zero-order valence-electron chi connectivity index (χ0n) is 9.34. The van der Waals surface area contributed by atoms with Gasteiger partial charge >= 0.3 is 0 Å². The molecule has 0 bridgehead atoms. The van der Waals surface area contributed by atoms with Gasteiger partial charge in [-0.3, -0.25) is 0 Å². The number of rotatable bonds is 7. The van der Waals surface area contributed by atoms with E-state index >= 15 is 0 Å². The van der Waals surface area contributed by atoms with Crippen molar-refractivity contribution < 1.29 is 5.11 Å². The fraction of sp³-hybridized carbons (Fsp3) is 1.00. The van der Waals surface area contributed by atoms with Crippen LogP contribution in [0.3, 0.4) is 0 Å². The molecule has 0 aliphatic rings. The Balaban J connectivity index is 3.63. The highest BCUT2D eigenvalue weighted by atomic mass is 32.2. The highest BCUT2D eigenvalue weighted by molar-refractivity contribution is 7.98. The van der Waals surface area contributed by atoms with E-state index in [1.807, 2.05) is 25.6 Å². The van der Waals surface area contributed by atoms with Gasteiger partial charge in [-0.25, -0.2) is 0 Å². The molecule has 0 aliphatic carbocycles. The summed E-state index contributed by atoms with van der Waals surface area (Å²) >= 11 is 1.88. The van der Waals surface area contributed by atoms with Crippen LogP contribution < -0.4 is 0 Å². The van der Waals surface area contributed by atoms with Gasteiger partial charge in [-0.15, -0.1) is 0 Å². The van der Waals surface area contributed by atoms with Crippen molar-refractivity contribution in [1.29, 1.82) is 0 Å². The maximum Gasteiger partial charge on any atom is 0.0718 e. The monoisotopic (exact) mass is 205 g/mol. The summed E-state index contributed by atoms with van der Waals surface area (Å²) in [7, 11) is 0. The minimum Gasteiger partial charge on any atom is -0.389 e. The van der Waals surface area contributed by atoms with E-state index in [0.29, 0.717) is 0 Å². The number of thioether (sulfide) groups is 1. The van der Waals surface area contributed by atoms with Gasteiger partial charge in [0.05, 0.1) is 5.60 Å². The fourth-order valence-corrected chi connectivity index (χ4v) is 1.75. The van der Waals surface area contributed by atoms with Gasteiger partial charge in [0.25, 0.3) is 0 Å². The Morgan fingerprint density at radius 2 is 2.00 bits per heavy atom. The molecule has 13 heavy (non-hydrogen) atoms. The minimum absolute atomic E-state index is 0.560. The van der Waals surface area contributed by atoms with Crippen LogP contribution in [0.4, 0.5) is 0 Å². The average Bonchev–Trinajstić information content (AvgIpc) is 2.01. The number of hydrogen-bond acceptors (Lipinski definition) is 3. The van der Waals surface area contributed by atoms with Crippen LogP contribution in [-0.4, -0.2) is 47.3 Å². The lowest BCUT2D eigenvalue weighted by Gasteiger charge is -2.27. The topological polar surface area (TPSA) is 23.5 Å². The summed E-state index contributed by atoms with van der Waals surface area (Å²) in [5.41, 5.74) is -0.560. The first kappa shape index (κ1) is 13.3. The molecule has 0 atom stereocenters. The largest absolute Gasteiger partial charge is 0.389 e. The second-order valence-electron chi connectivity index (χ2n) is 4.03. The van der Waals surface area contributed by atoms with Crippen LogP contribution in [0.2, 0.25) is 0 Å². The standard InChI is InChI=1S/C10H23NOS/c1-5-11(7-6-8-13-4)9-10(2,3)12/h12H,5-9H2,1-4H3. The van der Waals surface area contributed by atoms with Gasteiger partial charge in [-0.05, 0) is 45.4 Å². The summed E-state index contributed by atoms with van der Waals surface area (Å²) in [5.74, 6) is 1.21. The van der Waals surface area contributed by atoms with E-state index in [1.165, 1.54) is 12.2 Å². The van der Waals surface area contributed by atoms with E-state index in [2.05, 4.69) is 18.1 Å². The number of likely N-dealkylation sites (N-methyl/N-ethyl adjacent to an activating group) is 1. The van der Waals surface area contributed by atoms with Gasteiger partial charge < -0.3 is 10.0 Å². The van der Waals surface area contributed by atoms with Crippen molar-refractivity contribution >= 4 is 11.8 Å². The smallest absolute Gasteiger partial charge is 0.0718 e. The molecule has 0 heterocycles. The summed E-state index contributed by atoms with van der Waals surface area (Å²) in [6, 6.07) is 0. The van der Waals surface area contributed by atoms with Crippen LogP contribution >= 0.6 is 11.8 Å². The van der Waals surface area contributed by atoms with Crippen molar-refractivity contribution in [2.24, 2.45) is 0 Å². The molecule has 0 aromatic heterocycles. The van der Waals surface area contributed by atoms with Crippen molar-refractivity contribution in [2.45, 2.75) is 32.8 Å². The van der Waals surface area contributed by atoms with E-state index in [4.69, 9.17) is 0 Å². The van der Waals surface area contributed by atoms with Gasteiger partial charge in [0.15, 0.2) is 0 Å². The van der Waals surface area contributed by atoms with Crippen molar-refractivity contribution in [3.8, 4) is 0 Å². The van der Waals surface area contributed by atoms with Crippen LogP contribution in [-0.2, 0) is 0 Å². The Kier molecular flexibility index (Phi) is 6.82. The van der Waals surface area contributed by atoms with E-state index in [-0.39, 0.29) is 0 Å². The van der Waals surface area contributed by atoms with E-state index < -0.39 is 5.60 Å². The molecular weight excluding hydrogens is 182 g/mol. The SMILES string of the molecule is CCN(CCCSC)CC(C)(C)O. The van der Waals surface area contributed by atoms with Gasteiger partial charge in [-0.2, -0.15) is 11.8 Å². The Morgan fingerprint density at radius 3 is 2.38 bits per heavy atom. The highest BCUT2D eigenvalue weighted by Crippen LogP contribution is 2.06. The van der Waals surface area contributed by atoms with Crippen LogP contribution in [0.25, 0.3) is 0 Å². The van der Waals surface area contributed by atoms with Crippen molar-refractivity contribution in [1.82, 2.24) is 4.90 Å². The lowest BCUT2D eigenvalue weighted by atomic mass is 10.1. The van der Waals surface area contributed by atoms with E-state index in [1.54, 1.807) is 0 Å². The molecule has 0 aromatic carbocycles. The molecule has 80 valence electrons. The molecule has 0 unspecified atom stereocenters. The molecule has 0 aliphatic heterocycles. The summed E-state index contributed by atoms with van der Waals surface area (Å²) < 4.78 is 0. The van der Waals surface area contributed by atoms with Gasteiger partial charge in [0.2, 0.25) is 0 Å². The maximum absolute atomic E-state index is 9.63. The molecule has 0 saturated carbocycles. The summed E-state index contributed by atoms with van der Waals surface area (Å²) in [5, 5.41) is 9.63. The normalized spacial score (nSPS) is 12.5. The number of nitrogens with zero attached hydrogens (tertiary/aromatic N) is 1. The summed E-state index contributed by atoms with van der Waals surface area (Å²) in [4.78, 5) is 2.30. The highest BCUT2D eigenvalue weighted by Gasteiger charge is 2.16. The molecular formula is C10H23NOS. The first-order valence-electron chi connectivity index (χ1n) is 4.93. The summed E-state index contributed by atoms with van der Waals surface area (Å²) in [6.07, 6.45) is 3.34. The molecule has 0 amide bonds. The number of aliphatic hydroxyl groups is 1. The lowest BCUT2D eigenvalue weighted by molar-refractivity contribution is 0.0380. The second-order valence-corrected chi connectivity index (χ2v) is 5.01. The van der Waals surface area contributed by atoms with Crippen LogP contribution in [0.1, 0.15) is 27.2 Å². The minimum atomic E-state index is -0.560. The molecule has 0 aromatic rings. The quantitative estimate of drug-likeness (QED) is 0.642. The maximum atomic E-state index is 9.63. The molecule has 0 radical (unpaired) electrons. The predicted molar refractivity (Wildman–Crippen MR) is 61.4 cm³/mol. The Labute approximate surface area is 86.7 Å². The summed E-state index contributed by atoms with van der Waals surface area (Å²) in [6.45, 7) is 8.77. The zero-order valence-corrected chi connectivity index (χ0v) is 10.2. The van der Waals surface area contributed by atoms with Gasteiger partial charge in [0, 0.05) is 6.54 Å². The molecule has 0 spiro atoms. The molecule has 0 rings (SSSR count). The molecule has 1 N–H and O–H groups in total. The zero-order chi connectivity index (χ0) is 10.3. The third-order valence-electron chi connectivity index (χ3n) is 1.88. The predicted octanol–water partition coefficient (Wildman–Crippen LogP) is 1.83. The van der Waals surface area contributed by atoms with Gasteiger partial charge in [0.1, 0.15) is 0 Å². The van der Waals surface area contributed by atoms with Crippen LogP contribution in [0.5, 0.6) is 0 Å². The first-order valence-corrected chi connectivity index (χ1v) is 6.32. The molecule has 0 fully saturated rings. The van der Waals surface area contributed by atoms with E-state index in [9.17, 15) is 5.11 Å². The van der Waals surface area contributed by atoms with Crippen molar-refractivity contribution in [3.63, 3.8) is 0 Å². The average molecular weight is 205 g/mol. The molecule has 0 saturated heterocycles. The molecule has 2 nitrogen and oxygen atoms in total. The van der Waals surface area contributed by atoms with Gasteiger partial charge in [-0.1, -0.05) is 6.92 Å². The van der Waals surface area contributed by atoms with Crippen LogP contribution in [0.15, 0.2) is 0 Å². The number of hydrogen-bond donors (Lipinski definition) is 1. The van der Waals surface area contributed by atoms with E-state index in [0.717, 1.165) is 19.6 Å². The molecule has 3 heteroatoms. The fourth-order valence-electron chi connectivity index (χ4n) is 1.33. The third-order valence-corrected chi connectivity index (χ3v) is 2.58. The Hall–Kier alpha value is 0.270.